The number of fused-ring (bicyclic) bond motifs is 1. The monoisotopic (exact) mass is 330 g/mol. The fourth-order valence-corrected chi connectivity index (χ4v) is 3.44. The molecular formula is C19H26N2O3. The van der Waals surface area contributed by atoms with E-state index >= 15 is 0 Å². The number of benzene rings is 1. The maximum Gasteiger partial charge on any atom is 0.245 e. The molecule has 3 rings (SSSR count). The van der Waals surface area contributed by atoms with Crippen molar-refractivity contribution in [1.29, 1.82) is 0 Å². The van der Waals surface area contributed by atoms with Crippen LogP contribution < -0.4 is 10.6 Å². The summed E-state index contributed by atoms with van der Waals surface area (Å²) in [6.07, 6.45) is 2.69. The second-order valence-electron chi connectivity index (χ2n) is 7.17. The smallest absolute Gasteiger partial charge is 0.245 e. The molecule has 1 aromatic rings. The number of hydrogen-bond acceptors (Lipinski definition) is 3. The van der Waals surface area contributed by atoms with Crippen LogP contribution in [0.15, 0.2) is 24.3 Å². The molecule has 4 atom stereocenters. The molecule has 2 aliphatic carbocycles. The Morgan fingerprint density at radius 2 is 1.79 bits per heavy atom. The standard InChI is InChI=1S/C19H26N2O3/c1-11-7-10-16(15-6-4-3-5-14(11)15)20-19(24)17(12(2)22)21-18(23)13-8-9-13/h3-6,11-13,16-17,22H,7-10H2,1-2H3,(H,20,24)(H,21,23)/t11-,12-,16+,17+/m1/s1. The summed E-state index contributed by atoms with van der Waals surface area (Å²) < 4.78 is 0. The average Bonchev–Trinajstić information content (AvgIpc) is 3.40. The Balaban J connectivity index is 1.70. The number of carbonyl (C=O) groups is 2. The molecule has 0 heterocycles. The van der Waals surface area contributed by atoms with Gasteiger partial charge in [-0.3, -0.25) is 9.59 Å². The van der Waals surface area contributed by atoms with Crippen LogP contribution in [0.25, 0.3) is 0 Å². The maximum atomic E-state index is 12.6. The molecule has 5 nitrogen and oxygen atoms in total. The number of aliphatic hydroxyl groups is 1. The molecule has 0 unspecified atom stereocenters. The summed E-state index contributed by atoms with van der Waals surface area (Å²) in [6, 6.07) is 7.20. The zero-order chi connectivity index (χ0) is 17.3. The van der Waals surface area contributed by atoms with Gasteiger partial charge in [0.25, 0.3) is 0 Å². The van der Waals surface area contributed by atoms with E-state index in [0.717, 1.165) is 31.2 Å². The molecule has 130 valence electrons. The average molecular weight is 330 g/mol. The molecule has 0 saturated heterocycles. The van der Waals surface area contributed by atoms with Gasteiger partial charge in [0.1, 0.15) is 6.04 Å². The molecule has 1 aromatic carbocycles. The van der Waals surface area contributed by atoms with Gasteiger partial charge in [-0.1, -0.05) is 31.2 Å². The lowest BCUT2D eigenvalue weighted by molar-refractivity contribution is -0.132. The number of aliphatic hydroxyl groups excluding tert-OH is 1. The first kappa shape index (κ1) is 17.0. The number of rotatable bonds is 5. The molecule has 1 fully saturated rings. The Kier molecular flexibility index (Phi) is 4.90. The number of amides is 2. The predicted molar refractivity (Wildman–Crippen MR) is 91.3 cm³/mol. The van der Waals surface area contributed by atoms with Gasteiger partial charge in [0.05, 0.1) is 12.1 Å². The summed E-state index contributed by atoms with van der Waals surface area (Å²) in [5.74, 6) is 0.0499. The van der Waals surface area contributed by atoms with Crippen LogP contribution in [-0.2, 0) is 9.59 Å². The topological polar surface area (TPSA) is 78.4 Å². The normalized spacial score (nSPS) is 25.3. The van der Waals surface area contributed by atoms with Crippen molar-refractivity contribution < 1.29 is 14.7 Å². The van der Waals surface area contributed by atoms with Crippen LogP contribution in [0, 0.1) is 5.92 Å². The van der Waals surface area contributed by atoms with Gasteiger partial charge in [-0.15, -0.1) is 0 Å². The van der Waals surface area contributed by atoms with Gasteiger partial charge < -0.3 is 15.7 Å². The van der Waals surface area contributed by atoms with E-state index in [9.17, 15) is 14.7 Å². The van der Waals surface area contributed by atoms with Crippen LogP contribution in [0.3, 0.4) is 0 Å². The first-order valence-electron chi connectivity index (χ1n) is 8.85. The van der Waals surface area contributed by atoms with Crippen molar-refractivity contribution in [3.8, 4) is 0 Å². The van der Waals surface area contributed by atoms with Crippen LogP contribution in [0.2, 0.25) is 0 Å². The van der Waals surface area contributed by atoms with Crippen molar-refractivity contribution >= 4 is 11.8 Å². The Morgan fingerprint density at radius 3 is 2.42 bits per heavy atom. The van der Waals surface area contributed by atoms with Gasteiger partial charge in [0, 0.05) is 5.92 Å². The lowest BCUT2D eigenvalue weighted by atomic mass is 9.81. The minimum absolute atomic E-state index is 0.00954. The minimum Gasteiger partial charge on any atom is -0.391 e. The van der Waals surface area contributed by atoms with Crippen LogP contribution in [0.1, 0.15) is 62.6 Å². The summed E-state index contributed by atoms with van der Waals surface area (Å²) >= 11 is 0. The molecule has 0 radical (unpaired) electrons. The van der Waals surface area contributed by atoms with Crippen LogP contribution in [-0.4, -0.2) is 29.1 Å². The highest BCUT2D eigenvalue weighted by molar-refractivity contribution is 5.90. The molecule has 5 heteroatoms. The molecule has 2 aliphatic rings. The largest absolute Gasteiger partial charge is 0.391 e. The van der Waals surface area contributed by atoms with Crippen LogP contribution in [0.4, 0.5) is 0 Å². The highest BCUT2D eigenvalue weighted by Crippen LogP contribution is 2.37. The van der Waals surface area contributed by atoms with Crippen molar-refractivity contribution in [3.63, 3.8) is 0 Å². The second kappa shape index (κ2) is 6.93. The Bertz CT molecular complexity index is 625. The van der Waals surface area contributed by atoms with Crippen molar-refractivity contribution in [1.82, 2.24) is 10.6 Å². The van der Waals surface area contributed by atoms with E-state index in [1.807, 2.05) is 12.1 Å². The first-order valence-corrected chi connectivity index (χ1v) is 8.85. The molecule has 3 N–H and O–H groups in total. The fraction of sp³-hybridized carbons (Fsp3) is 0.579. The third-order valence-electron chi connectivity index (χ3n) is 5.12. The van der Waals surface area contributed by atoms with Crippen LogP contribution >= 0.6 is 0 Å². The number of hydrogen-bond donors (Lipinski definition) is 3. The number of carbonyl (C=O) groups excluding carboxylic acids is 2. The van der Waals surface area contributed by atoms with E-state index < -0.39 is 12.1 Å². The molecule has 0 spiro atoms. The zero-order valence-electron chi connectivity index (χ0n) is 14.3. The van der Waals surface area contributed by atoms with Gasteiger partial charge in [-0.2, -0.15) is 0 Å². The first-order chi connectivity index (χ1) is 11.5. The summed E-state index contributed by atoms with van der Waals surface area (Å²) in [5, 5.41) is 15.7. The van der Waals surface area contributed by atoms with Gasteiger partial charge in [0.15, 0.2) is 0 Å². The van der Waals surface area contributed by atoms with E-state index in [4.69, 9.17) is 0 Å². The summed E-state index contributed by atoms with van der Waals surface area (Å²) in [6.45, 7) is 3.74. The quantitative estimate of drug-likeness (QED) is 0.773. The summed E-state index contributed by atoms with van der Waals surface area (Å²) in [4.78, 5) is 24.6. The van der Waals surface area contributed by atoms with E-state index in [1.54, 1.807) is 0 Å². The molecule has 0 aromatic heterocycles. The van der Waals surface area contributed by atoms with E-state index in [2.05, 4.69) is 29.7 Å². The van der Waals surface area contributed by atoms with E-state index in [1.165, 1.54) is 12.5 Å². The van der Waals surface area contributed by atoms with Crippen molar-refractivity contribution in [2.45, 2.75) is 63.6 Å². The molecule has 0 bridgehead atoms. The summed E-state index contributed by atoms with van der Waals surface area (Å²) in [5.41, 5.74) is 2.41. The fourth-order valence-electron chi connectivity index (χ4n) is 3.44. The predicted octanol–water partition coefficient (Wildman–Crippen LogP) is 2.02. The van der Waals surface area contributed by atoms with Crippen molar-refractivity contribution in [3.05, 3.63) is 35.4 Å². The van der Waals surface area contributed by atoms with Crippen LogP contribution in [0.5, 0.6) is 0 Å². The molecule has 24 heavy (non-hydrogen) atoms. The van der Waals surface area contributed by atoms with Gasteiger partial charge in [-0.25, -0.2) is 0 Å². The maximum absolute atomic E-state index is 12.6. The van der Waals surface area contributed by atoms with Gasteiger partial charge in [0.2, 0.25) is 11.8 Å². The highest BCUT2D eigenvalue weighted by atomic mass is 16.3. The Hall–Kier alpha value is -1.88. The third-order valence-corrected chi connectivity index (χ3v) is 5.12. The zero-order valence-corrected chi connectivity index (χ0v) is 14.3. The SMILES string of the molecule is C[C@@H]1CC[C@H](NC(=O)[C@@H](NC(=O)C2CC2)[C@@H](C)O)c2ccccc21. The molecule has 2 amide bonds. The Morgan fingerprint density at radius 1 is 1.12 bits per heavy atom. The lowest BCUT2D eigenvalue weighted by Gasteiger charge is -2.32. The third kappa shape index (κ3) is 3.61. The minimum atomic E-state index is -0.926. The Labute approximate surface area is 142 Å². The van der Waals surface area contributed by atoms with E-state index in [0.29, 0.717) is 5.92 Å². The lowest BCUT2D eigenvalue weighted by Crippen LogP contribution is -2.53. The number of nitrogens with one attached hydrogen (secondary N) is 2. The highest BCUT2D eigenvalue weighted by Gasteiger charge is 2.35. The molecular weight excluding hydrogens is 304 g/mol. The van der Waals surface area contributed by atoms with Crippen molar-refractivity contribution in [2.24, 2.45) is 5.92 Å². The summed E-state index contributed by atoms with van der Waals surface area (Å²) in [7, 11) is 0. The molecule has 0 aliphatic heterocycles. The second-order valence-corrected chi connectivity index (χ2v) is 7.17. The van der Waals surface area contributed by atoms with E-state index in [-0.39, 0.29) is 23.8 Å². The van der Waals surface area contributed by atoms with Crippen molar-refractivity contribution in [2.75, 3.05) is 0 Å². The van der Waals surface area contributed by atoms with Gasteiger partial charge >= 0.3 is 0 Å². The molecule has 1 saturated carbocycles. The van der Waals surface area contributed by atoms with Gasteiger partial charge in [-0.05, 0) is 49.7 Å².